The van der Waals surface area contributed by atoms with Crippen LogP contribution in [0.5, 0.6) is 5.75 Å². The van der Waals surface area contributed by atoms with Crippen LogP contribution in [0.15, 0.2) is 65.7 Å². The SMILES string of the molecule is COCC1=C2[C@@H](CC/C(=C/c3cccc(O)c3)c3ccccc3)OB(O)C[C@@H]2S(=O)(=O)C1. The van der Waals surface area contributed by atoms with E-state index < -0.39 is 28.3 Å². The number of hydrogen-bond donors (Lipinski definition) is 2. The third-order valence-corrected chi connectivity index (χ3v) is 8.06. The monoisotopic (exact) mass is 454 g/mol. The number of methoxy groups -OCH3 is 1. The molecule has 2 heterocycles. The summed E-state index contributed by atoms with van der Waals surface area (Å²) in [4.78, 5) is 0. The molecule has 4 rings (SSSR count). The van der Waals surface area contributed by atoms with Crippen molar-refractivity contribution >= 4 is 28.6 Å². The van der Waals surface area contributed by atoms with Gasteiger partial charge in [0.15, 0.2) is 9.84 Å². The standard InChI is InChI=1S/C24H27BO6S/c1-30-15-20-16-32(28,29)23-14-25(27)31-22(24(20)23)11-10-19(18-7-3-2-4-8-18)12-17-6-5-9-21(26)13-17/h2-9,12-13,22-23,26-27H,10-11,14-16H2,1H3/b19-12-/t22-,23+/m1/s1. The van der Waals surface area contributed by atoms with E-state index >= 15 is 0 Å². The number of ether oxygens (including phenoxy) is 1. The molecule has 0 unspecified atom stereocenters. The Labute approximate surface area is 189 Å². The second kappa shape index (κ2) is 9.62. The number of fused-ring (bicyclic) bond motifs is 1. The Morgan fingerprint density at radius 2 is 2.00 bits per heavy atom. The van der Waals surface area contributed by atoms with Crippen molar-refractivity contribution in [2.24, 2.45) is 0 Å². The van der Waals surface area contributed by atoms with Crippen molar-refractivity contribution in [3.8, 4) is 5.75 Å². The summed E-state index contributed by atoms with van der Waals surface area (Å²) in [7, 11) is -2.93. The molecule has 0 amide bonds. The molecule has 2 N–H and O–H groups in total. The second-order valence-corrected chi connectivity index (χ2v) is 10.5. The molecule has 2 atom stereocenters. The summed E-state index contributed by atoms with van der Waals surface area (Å²) in [5.41, 5.74) is 4.43. The van der Waals surface area contributed by atoms with E-state index in [0.29, 0.717) is 12.8 Å². The van der Waals surface area contributed by atoms with Crippen molar-refractivity contribution < 1.29 is 27.9 Å². The average Bonchev–Trinajstić information content (AvgIpc) is 3.01. The number of sulfone groups is 1. The maximum absolute atomic E-state index is 12.7. The Bertz CT molecular complexity index is 1130. The van der Waals surface area contributed by atoms with E-state index in [-0.39, 0.29) is 24.4 Å². The molecule has 0 bridgehead atoms. The number of phenols is 1. The maximum Gasteiger partial charge on any atom is 0.456 e. The lowest BCUT2D eigenvalue weighted by molar-refractivity contribution is 0.167. The summed E-state index contributed by atoms with van der Waals surface area (Å²) in [6.07, 6.45) is 2.70. The molecule has 8 heteroatoms. The molecular weight excluding hydrogens is 427 g/mol. The summed E-state index contributed by atoms with van der Waals surface area (Å²) in [6, 6.07) is 16.9. The van der Waals surface area contributed by atoms with Crippen LogP contribution < -0.4 is 0 Å². The average molecular weight is 454 g/mol. The maximum atomic E-state index is 12.7. The van der Waals surface area contributed by atoms with Gasteiger partial charge in [-0.15, -0.1) is 0 Å². The van der Waals surface area contributed by atoms with Gasteiger partial charge < -0.3 is 19.5 Å². The van der Waals surface area contributed by atoms with Gasteiger partial charge in [-0.3, -0.25) is 0 Å². The summed E-state index contributed by atoms with van der Waals surface area (Å²) in [5, 5.41) is 19.4. The third-order valence-electron chi connectivity index (χ3n) is 6.00. The molecular formula is C24H27BO6S. The van der Waals surface area contributed by atoms with Gasteiger partial charge in [0.25, 0.3) is 0 Å². The minimum atomic E-state index is -3.36. The van der Waals surface area contributed by atoms with E-state index in [9.17, 15) is 18.5 Å². The third kappa shape index (κ3) is 4.99. The minimum Gasteiger partial charge on any atom is -0.508 e. The van der Waals surface area contributed by atoms with Crippen molar-refractivity contribution in [2.45, 2.75) is 30.5 Å². The summed E-state index contributed by atoms with van der Waals surface area (Å²) in [6.45, 7) is 0.242. The highest BCUT2D eigenvalue weighted by molar-refractivity contribution is 7.92. The Balaban J connectivity index is 1.64. The number of allylic oxidation sites excluding steroid dienone is 1. The predicted molar refractivity (Wildman–Crippen MR) is 126 cm³/mol. The molecule has 168 valence electrons. The molecule has 32 heavy (non-hydrogen) atoms. The zero-order valence-electron chi connectivity index (χ0n) is 18.0. The lowest BCUT2D eigenvalue weighted by Gasteiger charge is -2.32. The van der Waals surface area contributed by atoms with Crippen LogP contribution in [0.1, 0.15) is 24.0 Å². The highest BCUT2D eigenvalue weighted by Gasteiger charge is 2.48. The molecule has 2 aliphatic rings. The number of rotatable bonds is 7. The van der Waals surface area contributed by atoms with Crippen LogP contribution in [-0.2, 0) is 19.2 Å². The molecule has 0 saturated carbocycles. The molecule has 6 nitrogen and oxygen atoms in total. The van der Waals surface area contributed by atoms with Gasteiger partial charge in [-0.25, -0.2) is 8.42 Å². The van der Waals surface area contributed by atoms with Gasteiger partial charge in [-0.05, 0) is 52.8 Å². The van der Waals surface area contributed by atoms with Crippen molar-refractivity contribution in [2.75, 3.05) is 19.5 Å². The molecule has 0 spiro atoms. The topological polar surface area (TPSA) is 93.1 Å². The smallest absolute Gasteiger partial charge is 0.456 e. The molecule has 2 aromatic rings. The van der Waals surface area contributed by atoms with Crippen LogP contribution in [-0.4, -0.2) is 56.5 Å². The van der Waals surface area contributed by atoms with Gasteiger partial charge in [0.1, 0.15) is 5.75 Å². The molecule has 0 radical (unpaired) electrons. The normalized spacial score (nSPS) is 22.8. The van der Waals surface area contributed by atoms with Crippen LogP contribution in [0.3, 0.4) is 0 Å². The van der Waals surface area contributed by atoms with Crippen molar-refractivity contribution in [1.29, 1.82) is 0 Å². The van der Waals surface area contributed by atoms with Crippen LogP contribution in [0.25, 0.3) is 11.6 Å². The lowest BCUT2D eigenvalue weighted by Crippen LogP contribution is -2.42. The molecule has 1 fully saturated rings. The van der Waals surface area contributed by atoms with E-state index in [0.717, 1.165) is 27.8 Å². The minimum absolute atomic E-state index is 0.0436. The number of benzene rings is 2. The van der Waals surface area contributed by atoms with Crippen molar-refractivity contribution in [3.05, 3.63) is 76.9 Å². The highest BCUT2D eigenvalue weighted by Crippen LogP contribution is 2.40. The first kappa shape index (κ1) is 22.8. The first-order valence-electron chi connectivity index (χ1n) is 10.7. The number of phenolic OH excluding ortho intramolecular Hbond substituents is 1. The van der Waals surface area contributed by atoms with Gasteiger partial charge in [-0.1, -0.05) is 48.5 Å². The summed E-state index contributed by atoms with van der Waals surface area (Å²) >= 11 is 0. The summed E-state index contributed by atoms with van der Waals surface area (Å²) < 4.78 is 36.5. The second-order valence-electron chi connectivity index (χ2n) is 8.27. The predicted octanol–water partition coefficient (Wildman–Crippen LogP) is 3.33. The van der Waals surface area contributed by atoms with E-state index in [1.54, 1.807) is 25.3 Å². The molecule has 2 aromatic carbocycles. The molecule has 0 aromatic heterocycles. The van der Waals surface area contributed by atoms with E-state index in [1.807, 2.05) is 42.5 Å². The highest BCUT2D eigenvalue weighted by atomic mass is 32.2. The van der Waals surface area contributed by atoms with Crippen LogP contribution in [0.4, 0.5) is 0 Å². The first-order chi connectivity index (χ1) is 15.4. The fraction of sp³-hybridized carbons (Fsp3) is 0.333. The first-order valence-corrected chi connectivity index (χ1v) is 12.4. The zero-order valence-corrected chi connectivity index (χ0v) is 18.8. The number of hydrogen-bond acceptors (Lipinski definition) is 6. The summed E-state index contributed by atoms with van der Waals surface area (Å²) in [5.74, 6) is 0.149. The fourth-order valence-electron chi connectivity index (χ4n) is 4.64. The van der Waals surface area contributed by atoms with E-state index in [1.165, 1.54) is 0 Å². The number of aromatic hydroxyl groups is 1. The van der Waals surface area contributed by atoms with Crippen LogP contribution >= 0.6 is 0 Å². The zero-order chi connectivity index (χ0) is 22.7. The van der Waals surface area contributed by atoms with Crippen LogP contribution in [0.2, 0.25) is 6.32 Å². The van der Waals surface area contributed by atoms with E-state index in [4.69, 9.17) is 9.39 Å². The molecule has 2 aliphatic heterocycles. The van der Waals surface area contributed by atoms with Gasteiger partial charge in [0.05, 0.1) is 23.7 Å². The Morgan fingerprint density at radius 3 is 2.72 bits per heavy atom. The fourth-order valence-corrected chi connectivity index (χ4v) is 6.74. The van der Waals surface area contributed by atoms with Crippen molar-refractivity contribution in [3.63, 3.8) is 0 Å². The van der Waals surface area contributed by atoms with Gasteiger partial charge >= 0.3 is 7.12 Å². The van der Waals surface area contributed by atoms with Crippen LogP contribution in [0, 0.1) is 0 Å². The quantitative estimate of drug-likeness (QED) is 0.379. The van der Waals surface area contributed by atoms with Gasteiger partial charge in [-0.2, -0.15) is 0 Å². The van der Waals surface area contributed by atoms with E-state index in [2.05, 4.69) is 0 Å². The lowest BCUT2D eigenvalue weighted by atomic mass is 9.74. The molecule has 1 saturated heterocycles. The molecule has 0 aliphatic carbocycles. The van der Waals surface area contributed by atoms with Gasteiger partial charge in [0.2, 0.25) is 0 Å². The Hall–Kier alpha value is -2.39. The Kier molecular flexibility index (Phi) is 6.86. The largest absolute Gasteiger partial charge is 0.508 e. The van der Waals surface area contributed by atoms with Gasteiger partial charge in [0, 0.05) is 13.4 Å². The Morgan fingerprint density at radius 1 is 1.22 bits per heavy atom. The van der Waals surface area contributed by atoms with Crippen molar-refractivity contribution in [1.82, 2.24) is 0 Å².